The van der Waals surface area contributed by atoms with E-state index >= 15 is 0 Å². The van der Waals surface area contributed by atoms with E-state index < -0.39 is 10.0 Å². The third-order valence-electron chi connectivity index (χ3n) is 3.17. The third kappa shape index (κ3) is 3.61. The topological polar surface area (TPSA) is 50.3 Å². The van der Waals surface area contributed by atoms with Crippen LogP contribution in [0.15, 0.2) is 41.3 Å². The zero-order chi connectivity index (χ0) is 15.6. The molecule has 0 aliphatic carbocycles. The summed E-state index contributed by atoms with van der Waals surface area (Å²) in [5.74, 6) is 0. The van der Waals surface area contributed by atoms with Crippen LogP contribution in [0.3, 0.4) is 0 Å². The molecule has 0 spiro atoms. The Hall–Kier alpha value is -1.43. The minimum Gasteiger partial charge on any atom is -0.240 e. The van der Waals surface area contributed by atoms with Crippen LogP contribution >= 0.6 is 11.6 Å². The molecule has 112 valence electrons. The fourth-order valence-corrected chi connectivity index (χ4v) is 3.55. The molecule has 0 atom stereocenters. The Morgan fingerprint density at radius 2 is 1.71 bits per heavy atom. The summed E-state index contributed by atoms with van der Waals surface area (Å²) < 4.78 is 26.3. The number of benzene rings is 1. The minimum atomic E-state index is -3.66. The van der Waals surface area contributed by atoms with Gasteiger partial charge in [-0.3, -0.25) is 0 Å². The lowest BCUT2D eigenvalue weighted by atomic mass is 10.1. The number of aryl methyl sites for hydroxylation is 2. The molecule has 0 saturated heterocycles. The Bertz CT molecular complexity index is 743. The van der Waals surface area contributed by atoms with E-state index in [4.69, 9.17) is 11.6 Å². The van der Waals surface area contributed by atoms with Crippen molar-refractivity contribution in [2.24, 2.45) is 0 Å². The molecular formula is C15H17ClN2O2S. The molecule has 4 nitrogen and oxygen atoms in total. The highest BCUT2D eigenvalue weighted by Crippen LogP contribution is 2.23. The summed E-state index contributed by atoms with van der Waals surface area (Å²) in [5, 5.41) is 0.00533. The number of hydrogen-bond donors (Lipinski definition) is 0. The van der Waals surface area contributed by atoms with Gasteiger partial charge in [-0.25, -0.2) is 13.4 Å². The number of aromatic nitrogens is 1. The summed E-state index contributed by atoms with van der Waals surface area (Å²) in [7, 11) is -2.12. The molecule has 0 N–H and O–H groups in total. The van der Waals surface area contributed by atoms with Gasteiger partial charge in [0.05, 0.1) is 0 Å². The monoisotopic (exact) mass is 324 g/mol. The van der Waals surface area contributed by atoms with Gasteiger partial charge in [0, 0.05) is 19.3 Å². The van der Waals surface area contributed by atoms with E-state index in [1.807, 2.05) is 31.2 Å². The molecule has 1 heterocycles. The van der Waals surface area contributed by atoms with Crippen molar-refractivity contribution in [3.63, 3.8) is 0 Å². The van der Waals surface area contributed by atoms with Crippen LogP contribution in [0.5, 0.6) is 0 Å². The van der Waals surface area contributed by atoms with Crippen LogP contribution in [0.1, 0.15) is 16.8 Å². The van der Waals surface area contributed by atoms with Gasteiger partial charge in [0.25, 0.3) is 0 Å². The summed E-state index contributed by atoms with van der Waals surface area (Å²) in [6, 6.07) is 10.9. The second kappa shape index (κ2) is 6.13. The summed E-state index contributed by atoms with van der Waals surface area (Å²) in [4.78, 5) is 4.03. The van der Waals surface area contributed by atoms with Crippen LogP contribution in [0, 0.1) is 13.8 Å². The summed E-state index contributed by atoms with van der Waals surface area (Å²) in [5.41, 5.74) is 2.73. The highest BCUT2D eigenvalue weighted by molar-refractivity contribution is 7.89. The Morgan fingerprint density at radius 1 is 1.10 bits per heavy atom. The van der Waals surface area contributed by atoms with Gasteiger partial charge in [0.15, 0.2) is 0 Å². The molecule has 0 radical (unpaired) electrons. The molecule has 0 aliphatic heterocycles. The smallest absolute Gasteiger partial charge is 0.240 e. The van der Waals surface area contributed by atoms with Crippen molar-refractivity contribution in [1.29, 1.82) is 0 Å². The highest BCUT2D eigenvalue weighted by atomic mass is 35.5. The number of rotatable bonds is 4. The van der Waals surface area contributed by atoms with E-state index in [1.54, 1.807) is 13.0 Å². The van der Waals surface area contributed by atoms with E-state index in [2.05, 4.69) is 4.98 Å². The van der Waals surface area contributed by atoms with Gasteiger partial charge in [0.2, 0.25) is 10.0 Å². The van der Waals surface area contributed by atoms with E-state index in [0.717, 1.165) is 11.1 Å². The van der Waals surface area contributed by atoms with Gasteiger partial charge in [-0.2, -0.15) is 4.31 Å². The molecule has 0 fully saturated rings. The molecule has 1 aromatic carbocycles. The fraction of sp³-hybridized carbons (Fsp3) is 0.267. The van der Waals surface area contributed by atoms with Crippen LogP contribution in [-0.2, 0) is 16.6 Å². The van der Waals surface area contributed by atoms with E-state index in [0.29, 0.717) is 5.69 Å². The van der Waals surface area contributed by atoms with Crippen molar-refractivity contribution in [2.75, 3.05) is 7.05 Å². The Morgan fingerprint density at radius 3 is 2.29 bits per heavy atom. The first-order valence-corrected chi connectivity index (χ1v) is 8.27. The Kier molecular flexibility index (Phi) is 4.66. The quantitative estimate of drug-likeness (QED) is 0.812. The average Bonchev–Trinajstić information content (AvgIpc) is 2.40. The zero-order valence-corrected chi connectivity index (χ0v) is 13.7. The molecule has 6 heteroatoms. The maximum atomic E-state index is 12.5. The predicted octanol–water partition coefficient (Wildman–Crippen LogP) is 3.17. The normalized spacial score (nSPS) is 11.9. The Balaban J connectivity index is 2.28. The number of hydrogen-bond acceptors (Lipinski definition) is 3. The number of pyridine rings is 1. The zero-order valence-electron chi connectivity index (χ0n) is 12.2. The van der Waals surface area contributed by atoms with Crippen LogP contribution in [0.4, 0.5) is 0 Å². The van der Waals surface area contributed by atoms with Crippen molar-refractivity contribution in [3.8, 4) is 0 Å². The van der Waals surface area contributed by atoms with Gasteiger partial charge >= 0.3 is 0 Å². The maximum Gasteiger partial charge on any atom is 0.246 e. The van der Waals surface area contributed by atoms with Crippen molar-refractivity contribution >= 4 is 21.6 Å². The number of nitrogens with zero attached hydrogens (tertiary/aromatic N) is 2. The largest absolute Gasteiger partial charge is 0.246 e. The van der Waals surface area contributed by atoms with Crippen LogP contribution in [-0.4, -0.2) is 24.8 Å². The van der Waals surface area contributed by atoms with Gasteiger partial charge in [0.1, 0.15) is 10.0 Å². The molecule has 2 aromatic rings. The number of sulfonamides is 1. The van der Waals surface area contributed by atoms with E-state index in [1.165, 1.54) is 17.4 Å². The standard InChI is InChI=1S/C15H17ClN2O2S/c1-11-4-7-13(8-5-11)10-18(3)21(19,20)14-9-6-12(2)17-15(14)16/h4-9H,10H2,1-3H3. The first-order valence-electron chi connectivity index (χ1n) is 6.46. The van der Waals surface area contributed by atoms with Crippen molar-refractivity contribution in [3.05, 3.63) is 58.4 Å². The highest BCUT2D eigenvalue weighted by Gasteiger charge is 2.24. The second-order valence-corrected chi connectivity index (χ2v) is 7.36. The summed E-state index contributed by atoms with van der Waals surface area (Å²) in [6.07, 6.45) is 0. The SMILES string of the molecule is Cc1ccc(CN(C)S(=O)(=O)c2ccc(C)nc2Cl)cc1. The molecule has 0 amide bonds. The number of halogens is 1. The fourth-order valence-electron chi connectivity index (χ4n) is 1.91. The average molecular weight is 325 g/mol. The lowest BCUT2D eigenvalue weighted by Gasteiger charge is -2.18. The van der Waals surface area contributed by atoms with Gasteiger partial charge in [-0.15, -0.1) is 0 Å². The predicted molar refractivity (Wildman–Crippen MR) is 83.8 cm³/mol. The summed E-state index contributed by atoms with van der Waals surface area (Å²) in [6.45, 7) is 4.03. The first kappa shape index (κ1) is 15.9. The van der Waals surface area contributed by atoms with Crippen molar-refractivity contribution in [2.45, 2.75) is 25.3 Å². The van der Waals surface area contributed by atoms with Crippen LogP contribution in [0.25, 0.3) is 0 Å². The molecule has 1 aromatic heterocycles. The molecular weight excluding hydrogens is 308 g/mol. The van der Waals surface area contributed by atoms with Crippen LogP contribution < -0.4 is 0 Å². The molecule has 0 saturated carbocycles. The van der Waals surface area contributed by atoms with Gasteiger partial charge < -0.3 is 0 Å². The molecule has 21 heavy (non-hydrogen) atoms. The third-order valence-corrected chi connectivity index (χ3v) is 5.40. The van der Waals surface area contributed by atoms with E-state index in [9.17, 15) is 8.42 Å². The van der Waals surface area contributed by atoms with Gasteiger partial charge in [-0.05, 0) is 31.5 Å². The van der Waals surface area contributed by atoms with Gasteiger partial charge in [-0.1, -0.05) is 41.4 Å². The van der Waals surface area contributed by atoms with Crippen molar-refractivity contribution < 1.29 is 8.42 Å². The Labute approximate surface area is 130 Å². The molecule has 0 unspecified atom stereocenters. The molecule has 2 rings (SSSR count). The van der Waals surface area contributed by atoms with Crippen molar-refractivity contribution in [1.82, 2.24) is 9.29 Å². The lowest BCUT2D eigenvalue weighted by molar-refractivity contribution is 0.466. The molecule has 0 bridgehead atoms. The second-order valence-electron chi connectivity index (χ2n) is 4.99. The first-order chi connectivity index (χ1) is 9.80. The lowest BCUT2D eigenvalue weighted by Crippen LogP contribution is -2.27. The maximum absolute atomic E-state index is 12.5. The summed E-state index contributed by atoms with van der Waals surface area (Å²) >= 11 is 5.96. The molecule has 0 aliphatic rings. The minimum absolute atomic E-state index is 0.00533. The van der Waals surface area contributed by atoms with E-state index in [-0.39, 0.29) is 16.6 Å². The van der Waals surface area contributed by atoms with Crippen LogP contribution in [0.2, 0.25) is 5.15 Å².